The predicted octanol–water partition coefficient (Wildman–Crippen LogP) is 1.93. The molecular formula is C10H15NO2S. The van der Waals surface area contributed by atoms with Crippen molar-refractivity contribution in [1.82, 2.24) is 4.98 Å². The molecule has 4 heteroatoms. The summed E-state index contributed by atoms with van der Waals surface area (Å²) in [6.07, 6.45) is 1.79. The number of ketones is 1. The Morgan fingerprint density at radius 2 is 2.36 bits per heavy atom. The molecule has 78 valence electrons. The SMILES string of the molecule is COC(C(=O)Cc1nccs1)C(C)C. The van der Waals surface area contributed by atoms with Crippen LogP contribution >= 0.6 is 11.3 Å². The second-order valence-corrected chi connectivity index (χ2v) is 4.45. The number of carbonyl (C=O) groups is 1. The normalized spacial score (nSPS) is 13.1. The lowest BCUT2D eigenvalue weighted by Crippen LogP contribution is -2.29. The monoisotopic (exact) mass is 213 g/mol. The van der Waals surface area contributed by atoms with E-state index >= 15 is 0 Å². The van der Waals surface area contributed by atoms with Gasteiger partial charge < -0.3 is 4.74 Å². The van der Waals surface area contributed by atoms with E-state index in [0.717, 1.165) is 5.01 Å². The topological polar surface area (TPSA) is 39.2 Å². The number of rotatable bonds is 5. The highest BCUT2D eigenvalue weighted by Crippen LogP contribution is 2.12. The number of ether oxygens (including phenoxy) is 1. The first-order valence-electron chi connectivity index (χ1n) is 4.59. The first-order chi connectivity index (χ1) is 6.65. The van der Waals surface area contributed by atoms with Gasteiger partial charge in [-0.2, -0.15) is 0 Å². The number of nitrogens with zero attached hydrogens (tertiary/aromatic N) is 1. The zero-order chi connectivity index (χ0) is 10.6. The lowest BCUT2D eigenvalue weighted by Gasteiger charge is -2.16. The third kappa shape index (κ3) is 2.89. The third-order valence-corrected chi connectivity index (χ3v) is 2.77. The minimum Gasteiger partial charge on any atom is -0.373 e. The van der Waals surface area contributed by atoms with Crippen LogP contribution in [0.1, 0.15) is 18.9 Å². The fourth-order valence-corrected chi connectivity index (χ4v) is 1.99. The lowest BCUT2D eigenvalue weighted by molar-refractivity contribution is -0.130. The van der Waals surface area contributed by atoms with Crippen molar-refractivity contribution >= 4 is 17.1 Å². The van der Waals surface area contributed by atoms with Gasteiger partial charge in [0.05, 0.1) is 11.4 Å². The molecule has 1 aromatic rings. The predicted molar refractivity (Wildman–Crippen MR) is 56.5 cm³/mol. The second kappa shape index (κ2) is 5.22. The van der Waals surface area contributed by atoms with Crippen LogP contribution in [0.15, 0.2) is 11.6 Å². The number of hydrogen-bond donors (Lipinski definition) is 0. The van der Waals surface area contributed by atoms with E-state index in [1.54, 1.807) is 13.3 Å². The third-order valence-electron chi connectivity index (χ3n) is 1.99. The zero-order valence-corrected chi connectivity index (χ0v) is 9.50. The molecule has 0 aliphatic heterocycles. The second-order valence-electron chi connectivity index (χ2n) is 3.47. The van der Waals surface area contributed by atoms with Crippen LogP contribution in [0, 0.1) is 5.92 Å². The van der Waals surface area contributed by atoms with E-state index in [2.05, 4.69) is 4.98 Å². The van der Waals surface area contributed by atoms with Crippen LogP contribution < -0.4 is 0 Å². The molecule has 1 atom stereocenters. The average molecular weight is 213 g/mol. The Morgan fingerprint density at radius 1 is 1.64 bits per heavy atom. The molecule has 0 aliphatic rings. The average Bonchev–Trinajstić information content (AvgIpc) is 2.57. The van der Waals surface area contributed by atoms with Crippen LogP contribution in [0.2, 0.25) is 0 Å². The van der Waals surface area contributed by atoms with Crippen molar-refractivity contribution < 1.29 is 9.53 Å². The first kappa shape index (κ1) is 11.3. The van der Waals surface area contributed by atoms with E-state index < -0.39 is 0 Å². The van der Waals surface area contributed by atoms with E-state index in [1.807, 2.05) is 19.2 Å². The van der Waals surface area contributed by atoms with Gasteiger partial charge >= 0.3 is 0 Å². The van der Waals surface area contributed by atoms with Gasteiger partial charge in [0.1, 0.15) is 6.10 Å². The Bertz CT molecular complexity index is 282. The molecule has 0 aromatic carbocycles. The molecule has 0 radical (unpaired) electrons. The van der Waals surface area contributed by atoms with Gasteiger partial charge in [0, 0.05) is 18.7 Å². The van der Waals surface area contributed by atoms with Crippen molar-refractivity contribution in [3.05, 3.63) is 16.6 Å². The summed E-state index contributed by atoms with van der Waals surface area (Å²) in [7, 11) is 1.57. The van der Waals surface area contributed by atoms with Gasteiger partial charge in [-0.1, -0.05) is 13.8 Å². The Morgan fingerprint density at radius 3 is 2.79 bits per heavy atom. The fraction of sp³-hybridized carbons (Fsp3) is 0.600. The smallest absolute Gasteiger partial charge is 0.168 e. The molecule has 14 heavy (non-hydrogen) atoms. The van der Waals surface area contributed by atoms with Crippen LogP contribution in [0.25, 0.3) is 0 Å². The van der Waals surface area contributed by atoms with Crippen LogP contribution in [-0.4, -0.2) is 24.0 Å². The number of aromatic nitrogens is 1. The van der Waals surface area contributed by atoms with E-state index in [9.17, 15) is 4.79 Å². The van der Waals surface area contributed by atoms with Crippen molar-refractivity contribution in [3.63, 3.8) is 0 Å². The summed E-state index contributed by atoms with van der Waals surface area (Å²) < 4.78 is 5.15. The Kier molecular flexibility index (Phi) is 4.22. The molecular weight excluding hydrogens is 198 g/mol. The molecule has 0 bridgehead atoms. The molecule has 1 aromatic heterocycles. The van der Waals surface area contributed by atoms with Crippen LogP contribution in [0.3, 0.4) is 0 Å². The molecule has 1 unspecified atom stereocenters. The molecule has 3 nitrogen and oxygen atoms in total. The van der Waals surface area contributed by atoms with Crippen LogP contribution in [0.5, 0.6) is 0 Å². The fourth-order valence-electron chi connectivity index (χ4n) is 1.37. The number of thiazole rings is 1. The molecule has 0 saturated heterocycles. The highest BCUT2D eigenvalue weighted by atomic mass is 32.1. The minimum absolute atomic E-state index is 0.109. The summed E-state index contributed by atoms with van der Waals surface area (Å²) in [5.41, 5.74) is 0. The maximum absolute atomic E-state index is 11.7. The van der Waals surface area contributed by atoms with Crippen molar-refractivity contribution in [2.75, 3.05) is 7.11 Å². The summed E-state index contributed by atoms with van der Waals surface area (Å²) in [5, 5.41) is 2.73. The van der Waals surface area contributed by atoms with Crippen LogP contribution in [0.4, 0.5) is 0 Å². The van der Waals surface area contributed by atoms with Crippen molar-refractivity contribution in [2.24, 2.45) is 5.92 Å². The van der Waals surface area contributed by atoms with Crippen molar-refractivity contribution in [1.29, 1.82) is 0 Å². The molecule has 1 rings (SSSR count). The van der Waals surface area contributed by atoms with E-state index in [1.165, 1.54) is 11.3 Å². The van der Waals surface area contributed by atoms with Gasteiger partial charge in [-0.15, -0.1) is 11.3 Å². The van der Waals surface area contributed by atoms with Crippen molar-refractivity contribution in [3.8, 4) is 0 Å². The number of Topliss-reactive ketones (excluding diaryl/α,β-unsaturated/α-hetero) is 1. The summed E-state index contributed by atoms with van der Waals surface area (Å²) in [5.74, 6) is 0.324. The molecule has 0 N–H and O–H groups in total. The standard InChI is InChI=1S/C10H15NO2S/c1-7(2)10(13-3)8(12)6-9-11-4-5-14-9/h4-5,7,10H,6H2,1-3H3. The minimum atomic E-state index is -0.307. The largest absolute Gasteiger partial charge is 0.373 e. The van der Waals surface area contributed by atoms with Crippen LogP contribution in [-0.2, 0) is 16.0 Å². The van der Waals surface area contributed by atoms with Crippen molar-refractivity contribution in [2.45, 2.75) is 26.4 Å². The molecule has 0 saturated carbocycles. The number of methoxy groups -OCH3 is 1. The molecule has 0 amide bonds. The van der Waals surface area contributed by atoms with Gasteiger partial charge in [0.15, 0.2) is 5.78 Å². The highest BCUT2D eigenvalue weighted by molar-refractivity contribution is 7.09. The molecule has 0 aliphatic carbocycles. The summed E-state index contributed by atoms with van der Waals surface area (Å²) in [4.78, 5) is 15.8. The molecule has 1 heterocycles. The number of hydrogen-bond acceptors (Lipinski definition) is 4. The van der Waals surface area contributed by atoms with Gasteiger partial charge in [0.25, 0.3) is 0 Å². The number of carbonyl (C=O) groups excluding carboxylic acids is 1. The summed E-state index contributed by atoms with van der Waals surface area (Å²) in [6.45, 7) is 3.96. The zero-order valence-electron chi connectivity index (χ0n) is 8.69. The van der Waals surface area contributed by atoms with Gasteiger partial charge in [-0.25, -0.2) is 4.98 Å². The van der Waals surface area contributed by atoms with E-state index in [-0.39, 0.29) is 17.8 Å². The maximum Gasteiger partial charge on any atom is 0.168 e. The van der Waals surface area contributed by atoms with Gasteiger partial charge in [-0.05, 0) is 5.92 Å². The Balaban J connectivity index is 2.56. The quantitative estimate of drug-likeness (QED) is 0.750. The molecule has 0 spiro atoms. The maximum atomic E-state index is 11.7. The van der Waals surface area contributed by atoms with E-state index in [0.29, 0.717) is 6.42 Å². The summed E-state index contributed by atoms with van der Waals surface area (Å²) >= 11 is 1.50. The van der Waals surface area contributed by atoms with E-state index in [4.69, 9.17) is 4.74 Å². The molecule has 0 fully saturated rings. The lowest BCUT2D eigenvalue weighted by atomic mass is 10.0. The Labute approximate surface area is 88.1 Å². The Hall–Kier alpha value is -0.740. The summed E-state index contributed by atoms with van der Waals surface area (Å²) in [6, 6.07) is 0. The van der Waals surface area contributed by atoms with Gasteiger partial charge in [-0.3, -0.25) is 4.79 Å². The highest BCUT2D eigenvalue weighted by Gasteiger charge is 2.22. The van der Waals surface area contributed by atoms with Gasteiger partial charge in [0.2, 0.25) is 0 Å². The first-order valence-corrected chi connectivity index (χ1v) is 5.47.